The first-order valence-electron chi connectivity index (χ1n) is 10.5. The zero-order valence-electron chi connectivity index (χ0n) is 16.8. The Kier molecular flexibility index (Phi) is 7.65. The largest absolute Gasteiger partial charge is 0.465 e. The molecule has 2 aliphatic rings. The fourth-order valence-corrected chi connectivity index (χ4v) is 4.76. The second-order valence-electron chi connectivity index (χ2n) is 7.97. The van der Waals surface area contributed by atoms with Crippen LogP contribution in [0.3, 0.4) is 0 Å². The number of carbonyl (C=O) groups excluding carboxylic acids is 2. The van der Waals surface area contributed by atoms with E-state index < -0.39 is 17.7 Å². The third-order valence-electron chi connectivity index (χ3n) is 6.15. The second-order valence-corrected chi connectivity index (χ2v) is 8.38. The van der Waals surface area contributed by atoms with Crippen molar-refractivity contribution in [1.82, 2.24) is 0 Å². The fourth-order valence-electron chi connectivity index (χ4n) is 4.52. The minimum atomic E-state index is -0.892. The van der Waals surface area contributed by atoms with Crippen LogP contribution in [0.25, 0.3) is 0 Å². The van der Waals surface area contributed by atoms with Gasteiger partial charge >= 0.3 is 5.97 Å². The molecule has 2 aliphatic carbocycles. The van der Waals surface area contributed by atoms with Crippen molar-refractivity contribution in [3.8, 4) is 0 Å². The van der Waals surface area contributed by atoms with E-state index in [1.807, 2.05) is 0 Å². The average Bonchev–Trinajstić information content (AvgIpc) is 2.73. The summed E-state index contributed by atoms with van der Waals surface area (Å²) in [5.74, 6) is -0.910. The summed E-state index contributed by atoms with van der Waals surface area (Å²) in [6, 6.07) is 4.04. The van der Waals surface area contributed by atoms with Gasteiger partial charge in [0.2, 0.25) is 0 Å². The molecule has 0 aliphatic heterocycles. The van der Waals surface area contributed by atoms with E-state index in [2.05, 4.69) is 24.3 Å². The van der Waals surface area contributed by atoms with E-state index >= 15 is 0 Å². The van der Waals surface area contributed by atoms with E-state index in [0.717, 1.165) is 32.1 Å². The molecular formula is C24H28ClFO3. The minimum Gasteiger partial charge on any atom is -0.465 e. The maximum Gasteiger partial charge on any atom is 0.316 e. The van der Waals surface area contributed by atoms with Gasteiger partial charge in [0.1, 0.15) is 11.7 Å². The van der Waals surface area contributed by atoms with Gasteiger partial charge in [0, 0.05) is 10.9 Å². The molecule has 0 aromatic heterocycles. The van der Waals surface area contributed by atoms with Crippen LogP contribution in [0, 0.1) is 29.5 Å². The van der Waals surface area contributed by atoms with E-state index in [0.29, 0.717) is 17.4 Å². The van der Waals surface area contributed by atoms with Crippen LogP contribution in [0.4, 0.5) is 4.39 Å². The molecule has 2 atom stereocenters. The number of allylic oxidation sites excluding steroid dienone is 4. The number of benzene rings is 1. The first kappa shape index (κ1) is 21.8. The van der Waals surface area contributed by atoms with Gasteiger partial charge < -0.3 is 4.74 Å². The van der Waals surface area contributed by atoms with E-state index in [1.165, 1.54) is 18.2 Å². The van der Waals surface area contributed by atoms with Crippen LogP contribution in [0.5, 0.6) is 0 Å². The van der Waals surface area contributed by atoms with Crippen LogP contribution in [0.2, 0.25) is 5.02 Å². The number of ketones is 1. The lowest BCUT2D eigenvalue weighted by Crippen LogP contribution is -2.35. The molecule has 1 saturated carbocycles. The van der Waals surface area contributed by atoms with Gasteiger partial charge in [0.15, 0.2) is 5.78 Å². The van der Waals surface area contributed by atoms with Crippen LogP contribution in [0.15, 0.2) is 42.5 Å². The van der Waals surface area contributed by atoms with Crippen molar-refractivity contribution >= 4 is 23.4 Å². The average molecular weight is 419 g/mol. The molecule has 0 spiro atoms. The number of hydrogen-bond donors (Lipinski definition) is 0. The maximum absolute atomic E-state index is 13.4. The summed E-state index contributed by atoms with van der Waals surface area (Å²) in [6.45, 7) is 1.94. The highest BCUT2D eigenvalue weighted by Gasteiger charge is 2.37. The lowest BCUT2D eigenvalue weighted by molar-refractivity contribution is -0.153. The summed E-state index contributed by atoms with van der Waals surface area (Å²) in [4.78, 5) is 25.8. The van der Waals surface area contributed by atoms with Gasteiger partial charge in [-0.15, -0.1) is 0 Å². The van der Waals surface area contributed by atoms with Crippen molar-refractivity contribution in [3.05, 3.63) is 58.9 Å². The highest BCUT2D eigenvalue weighted by Crippen LogP contribution is 2.38. The number of esters is 1. The molecule has 1 fully saturated rings. The van der Waals surface area contributed by atoms with Gasteiger partial charge in [0.05, 0.1) is 6.61 Å². The number of halogens is 2. The molecule has 0 N–H and O–H groups in total. The van der Waals surface area contributed by atoms with Crippen LogP contribution in [0.1, 0.15) is 44.6 Å². The quantitative estimate of drug-likeness (QED) is 0.420. The van der Waals surface area contributed by atoms with Crippen molar-refractivity contribution in [2.45, 2.75) is 45.4 Å². The van der Waals surface area contributed by atoms with Gasteiger partial charge in [-0.3, -0.25) is 9.59 Å². The molecule has 3 rings (SSSR count). The fraction of sp³-hybridized carbons (Fsp3) is 0.500. The van der Waals surface area contributed by atoms with Gasteiger partial charge in [-0.05, 0) is 75.0 Å². The number of Topliss-reactive ketones (excluding diaryl/α,β-unsaturated/α-hetero) is 1. The number of rotatable bonds is 7. The van der Waals surface area contributed by atoms with Crippen LogP contribution >= 0.6 is 11.6 Å². The predicted molar refractivity (Wildman–Crippen MR) is 112 cm³/mol. The van der Waals surface area contributed by atoms with Crippen molar-refractivity contribution in [1.29, 1.82) is 0 Å². The lowest BCUT2D eigenvalue weighted by atomic mass is 9.71. The third kappa shape index (κ3) is 5.57. The molecule has 3 nitrogen and oxygen atoms in total. The molecule has 1 aromatic carbocycles. The molecule has 0 amide bonds. The van der Waals surface area contributed by atoms with E-state index in [9.17, 15) is 14.0 Å². The molecular weight excluding hydrogens is 391 g/mol. The Labute approximate surface area is 177 Å². The topological polar surface area (TPSA) is 43.4 Å². The Morgan fingerprint density at radius 3 is 2.59 bits per heavy atom. The maximum atomic E-state index is 13.4. The molecule has 0 saturated heterocycles. The molecule has 0 bridgehead atoms. The summed E-state index contributed by atoms with van der Waals surface area (Å²) in [6.07, 6.45) is 13.4. The Balaban J connectivity index is 1.67. The van der Waals surface area contributed by atoms with E-state index in [-0.39, 0.29) is 29.8 Å². The molecule has 0 radical (unpaired) electrons. The zero-order chi connectivity index (χ0) is 20.8. The van der Waals surface area contributed by atoms with Gasteiger partial charge in [0.25, 0.3) is 0 Å². The molecule has 2 unspecified atom stereocenters. The Morgan fingerprint density at radius 1 is 1.21 bits per heavy atom. The zero-order valence-corrected chi connectivity index (χ0v) is 17.5. The van der Waals surface area contributed by atoms with E-state index in [4.69, 9.17) is 16.3 Å². The highest BCUT2D eigenvalue weighted by molar-refractivity contribution is 6.31. The summed E-state index contributed by atoms with van der Waals surface area (Å²) < 4.78 is 18.5. The predicted octanol–water partition coefficient (Wildman–Crippen LogP) is 5.71. The summed E-state index contributed by atoms with van der Waals surface area (Å²) in [5, 5.41) is 0.230. The summed E-state index contributed by atoms with van der Waals surface area (Å²) >= 11 is 6.14. The van der Waals surface area contributed by atoms with Gasteiger partial charge in [-0.25, -0.2) is 4.39 Å². The lowest BCUT2D eigenvalue weighted by Gasteiger charge is -2.33. The minimum absolute atomic E-state index is 0.0682. The molecule has 5 heteroatoms. The molecule has 1 aromatic rings. The smallest absolute Gasteiger partial charge is 0.316 e. The first-order valence-corrected chi connectivity index (χ1v) is 10.8. The monoisotopic (exact) mass is 418 g/mol. The van der Waals surface area contributed by atoms with Gasteiger partial charge in [-0.2, -0.15) is 0 Å². The van der Waals surface area contributed by atoms with Crippen molar-refractivity contribution in [2.24, 2.45) is 23.7 Å². The van der Waals surface area contributed by atoms with Gasteiger partial charge in [-0.1, -0.05) is 42.0 Å². The second kappa shape index (κ2) is 10.2. The van der Waals surface area contributed by atoms with Crippen molar-refractivity contribution < 1.29 is 18.7 Å². The normalized spacial score (nSPS) is 24.9. The highest BCUT2D eigenvalue weighted by atomic mass is 35.5. The number of hydrogen-bond acceptors (Lipinski definition) is 3. The first-order chi connectivity index (χ1) is 14.0. The Bertz CT molecular complexity index is 793. The Morgan fingerprint density at radius 2 is 1.97 bits per heavy atom. The Hall–Kier alpha value is -1.94. The number of carbonyl (C=O) groups is 2. The SMILES string of the molecule is CCOC(=O)C(Cc1ccc(F)cc1Cl)C(=O)[C@H]1CC[C@H](C2C=CC=CC2)CC1. The van der Waals surface area contributed by atoms with E-state index in [1.54, 1.807) is 6.92 Å². The molecule has 0 heterocycles. The van der Waals surface area contributed by atoms with Crippen molar-refractivity contribution in [3.63, 3.8) is 0 Å². The summed E-state index contributed by atoms with van der Waals surface area (Å²) in [5.41, 5.74) is 0.590. The van der Waals surface area contributed by atoms with Crippen molar-refractivity contribution in [2.75, 3.05) is 6.61 Å². The van der Waals surface area contributed by atoms with Crippen LogP contribution in [-0.2, 0) is 20.7 Å². The standard InChI is InChI=1S/C24H28ClFO3/c1-2-29-24(28)21(14-19-12-13-20(26)15-22(19)25)23(27)18-10-8-17(9-11-18)16-6-4-3-5-7-16/h3-6,12-13,15-18,21H,2,7-11,14H2,1H3/t16?,17-,18-,21?. The van der Waals surface area contributed by atoms with Crippen LogP contribution < -0.4 is 0 Å². The van der Waals surface area contributed by atoms with Crippen LogP contribution in [-0.4, -0.2) is 18.4 Å². The summed E-state index contributed by atoms with van der Waals surface area (Å²) in [7, 11) is 0. The molecule has 156 valence electrons. The number of ether oxygens (including phenoxy) is 1. The molecule has 29 heavy (non-hydrogen) atoms. The third-order valence-corrected chi connectivity index (χ3v) is 6.50.